The summed E-state index contributed by atoms with van der Waals surface area (Å²) < 4.78 is 0.469. The fraction of sp³-hybridized carbons (Fsp3) is 0.105. The SMILES string of the molecule is Cc1ccc(NC(=O)CN2C(=O)S/C(=C/c3ccc(O)c(Br)c3)C2=O)cc1Cl. The highest BCUT2D eigenvalue weighted by Gasteiger charge is 2.36. The lowest BCUT2D eigenvalue weighted by atomic mass is 10.2. The second-order valence-electron chi connectivity index (χ2n) is 5.99. The van der Waals surface area contributed by atoms with E-state index in [4.69, 9.17) is 11.6 Å². The number of imide groups is 1. The van der Waals surface area contributed by atoms with Gasteiger partial charge in [-0.2, -0.15) is 0 Å². The van der Waals surface area contributed by atoms with Gasteiger partial charge in [-0.3, -0.25) is 19.3 Å². The van der Waals surface area contributed by atoms with Crippen LogP contribution in [0.3, 0.4) is 0 Å². The Morgan fingerprint density at radius 1 is 1.29 bits per heavy atom. The van der Waals surface area contributed by atoms with Gasteiger partial charge in [0.1, 0.15) is 12.3 Å². The lowest BCUT2D eigenvalue weighted by Gasteiger charge is -2.13. The molecule has 3 amide bonds. The highest BCUT2D eigenvalue weighted by atomic mass is 79.9. The summed E-state index contributed by atoms with van der Waals surface area (Å²) in [7, 11) is 0. The van der Waals surface area contributed by atoms with Gasteiger partial charge in [-0.15, -0.1) is 0 Å². The first-order chi connectivity index (χ1) is 13.2. The van der Waals surface area contributed by atoms with Crippen molar-refractivity contribution < 1.29 is 19.5 Å². The van der Waals surface area contributed by atoms with Gasteiger partial charge in [0.2, 0.25) is 5.91 Å². The van der Waals surface area contributed by atoms with Gasteiger partial charge in [-0.1, -0.05) is 23.7 Å². The molecule has 1 saturated heterocycles. The third-order valence-corrected chi connectivity index (χ3v) is 5.85. The Kier molecular flexibility index (Phi) is 6.12. The first-order valence-corrected chi connectivity index (χ1v) is 10.0. The Morgan fingerprint density at radius 3 is 2.71 bits per heavy atom. The Labute approximate surface area is 178 Å². The highest BCUT2D eigenvalue weighted by molar-refractivity contribution is 9.10. The highest BCUT2D eigenvalue weighted by Crippen LogP contribution is 2.33. The zero-order valence-electron chi connectivity index (χ0n) is 14.5. The van der Waals surface area contributed by atoms with Crippen molar-refractivity contribution in [1.29, 1.82) is 0 Å². The molecule has 6 nitrogen and oxygen atoms in total. The number of aryl methyl sites for hydroxylation is 1. The molecule has 0 aromatic heterocycles. The third-order valence-electron chi connectivity index (χ3n) is 3.90. The normalized spacial score (nSPS) is 15.4. The van der Waals surface area contributed by atoms with Gasteiger partial charge in [-0.25, -0.2) is 0 Å². The van der Waals surface area contributed by atoms with E-state index >= 15 is 0 Å². The topological polar surface area (TPSA) is 86.7 Å². The predicted molar refractivity (Wildman–Crippen MR) is 113 cm³/mol. The average molecular weight is 482 g/mol. The molecule has 2 N–H and O–H groups in total. The number of halogens is 2. The van der Waals surface area contributed by atoms with Crippen LogP contribution in [0.15, 0.2) is 45.8 Å². The van der Waals surface area contributed by atoms with Crippen molar-refractivity contribution in [3.05, 3.63) is 61.9 Å². The smallest absolute Gasteiger partial charge is 0.294 e. The Bertz CT molecular complexity index is 1020. The van der Waals surface area contributed by atoms with E-state index in [1.165, 1.54) is 12.1 Å². The Balaban J connectivity index is 1.70. The third kappa shape index (κ3) is 4.57. The van der Waals surface area contributed by atoms with E-state index < -0.39 is 23.6 Å². The number of aromatic hydroxyl groups is 1. The number of anilines is 1. The van der Waals surface area contributed by atoms with Gasteiger partial charge >= 0.3 is 0 Å². The summed E-state index contributed by atoms with van der Waals surface area (Å²) >= 11 is 9.99. The molecule has 28 heavy (non-hydrogen) atoms. The lowest BCUT2D eigenvalue weighted by Crippen LogP contribution is -2.36. The number of thioether (sulfide) groups is 1. The van der Waals surface area contributed by atoms with Crippen LogP contribution in [0.4, 0.5) is 10.5 Å². The number of carbonyl (C=O) groups excluding carboxylic acids is 3. The van der Waals surface area contributed by atoms with Gasteiger partial charge in [0.25, 0.3) is 11.1 Å². The largest absolute Gasteiger partial charge is 0.507 e. The number of nitrogens with zero attached hydrogens (tertiary/aromatic N) is 1. The Hall–Kier alpha value is -2.29. The first kappa shape index (κ1) is 20.4. The molecule has 0 spiro atoms. The molecule has 0 saturated carbocycles. The van der Waals surface area contributed by atoms with E-state index in [9.17, 15) is 19.5 Å². The summed E-state index contributed by atoms with van der Waals surface area (Å²) in [6.45, 7) is 1.44. The van der Waals surface area contributed by atoms with E-state index in [1.54, 1.807) is 30.3 Å². The fourth-order valence-corrected chi connectivity index (χ4v) is 3.83. The molecule has 0 radical (unpaired) electrons. The van der Waals surface area contributed by atoms with Crippen molar-refractivity contribution in [2.24, 2.45) is 0 Å². The van der Waals surface area contributed by atoms with Crippen molar-refractivity contribution in [3.8, 4) is 5.75 Å². The van der Waals surface area contributed by atoms with Gasteiger partial charge in [0.15, 0.2) is 0 Å². The fourth-order valence-electron chi connectivity index (χ4n) is 2.42. The molecule has 0 unspecified atom stereocenters. The maximum atomic E-state index is 12.5. The lowest BCUT2D eigenvalue weighted by molar-refractivity contribution is -0.127. The number of hydrogen-bond donors (Lipinski definition) is 2. The van der Waals surface area contributed by atoms with Crippen LogP contribution in [0, 0.1) is 6.92 Å². The van der Waals surface area contributed by atoms with Gasteiger partial charge in [-0.05, 0) is 76.1 Å². The molecule has 0 bridgehead atoms. The van der Waals surface area contributed by atoms with Crippen LogP contribution in [0.2, 0.25) is 5.02 Å². The van der Waals surface area contributed by atoms with Gasteiger partial charge in [0, 0.05) is 10.7 Å². The zero-order valence-corrected chi connectivity index (χ0v) is 17.7. The van der Waals surface area contributed by atoms with Crippen molar-refractivity contribution >= 4 is 68.1 Å². The van der Waals surface area contributed by atoms with Crippen LogP contribution in [0.1, 0.15) is 11.1 Å². The standard InChI is InChI=1S/C19H14BrClN2O4S/c1-10-2-4-12(8-14(10)21)22-17(25)9-23-18(26)16(28-19(23)27)7-11-3-5-15(24)13(20)6-11/h2-8,24H,9H2,1H3,(H,22,25)/b16-7+. The van der Waals surface area contributed by atoms with Crippen LogP contribution >= 0.6 is 39.3 Å². The minimum atomic E-state index is -0.545. The molecule has 2 aromatic rings. The summed E-state index contributed by atoms with van der Waals surface area (Å²) in [5.41, 5.74) is 1.99. The number of phenolic OH excluding ortho intramolecular Hbond substituents is 1. The van der Waals surface area contributed by atoms with Crippen molar-refractivity contribution in [2.75, 3.05) is 11.9 Å². The van der Waals surface area contributed by atoms with Crippen LogP contribution in [0.25, 0.3) is 6.08 Å². The molecule has 9 heteroatoms. The number of hydrogen-bond acceptors (Lipinski definition) is 5. The van der Waals surface area contributed by atoms with Crippen molar-refractivity contribution in [1.82, 2.24) is 4.90 Å². The maximum absolute atomic E-state index is 12.5. The van der Waals surface area contributed by atoms with E-state index in [-0.39, 0.29) is 10.7 Å². The summed E-state index contributed by atoms with van der Waals surface area (Å²) in [5.74, 6) is -0.981. The number of amides is 3. The summed E-state index contributed by atoms with van der Waals surface area (Å²) in [4.78, 5) is 38.0. The zero-order chi connectivity index (χ0) is 20.4. The predicted octanol–water partition coefficient (Wildman–Crippen LogP) is 4.79. The number of rotatable bonds is 4. The summed E-state index contributed by atoms with van der Waals surface area (Å²) in [5, 5.41) is 12.1. The molecule has 1 aliphatic heterocycles. The molecule has 1 aliphatic rings. The van der Waals surface area contributed by atoms with Crippen LogP contribution in [-0.4, -0.2) is 33.6 Å². The molecular formula is C19H14BrClN2O4S. The Morgan fingerprint density at radius 2 is 2.04 bits per heavy atom. The van der Waals surface area contributed by atoms with Crippen molar-refractivity contribution in [3.63, 3.8) is 0 Å². The maximum Gasteiger partial charge on any atom is 0.294 e. The van der Waals surface area contributed by atoms with E-state index in [1.807, 2.05) is 6.92 Å². The average Bonchev–Trinajstić information content (AvgIpc) is 2.89. The first-order valence-electron chi connectivity index (χ1n) is 8.04. The number of nitrogens with one attached hydrogen (secondary N) is 1. The molecule has 1 fully saturated rings. The van der Waals surface area contributed by atoms with Crippen molar-refractivity contribution in [2.45, 2.75) is 6.92 Å². The molecule has 2 aromatic carbocycles. The molecule has 1 heterocycles. The molecule has 3 rings (SSSR count). The van der Waals surface area contributed by atoms with Crippen LogP contribution in [-0.2, 0) is 9.59 Å². The second kappa shape index (κ2) is 8.38. The van der Waals surface area contributed by atoms with Gasteiger partial charge < -0.3 is 10.4 Å². The van der Waals surface area contributed by atoms with Gasteiger partial charge in [0.05, 0.1) is 9.38 Å². The second-order valence-corrected chi connectivity index (χ2v) is 8.25. The summed E-state index contributed by atoms with van der Waals surface area (Å²) in [6.07, 6.45) is 1.53. The quantitative estimate of drug-likeness (QED) is 0.613. The molecule has 0 aliphatic carbocycles. The van der Waals surface area contributed by atoms with E-state index in [2.05, 4.69) is 21.2 Å². The summed E-state index contributed by atoms with van der Waals surface area (Å²) in [6, 6.07) is 9.76. The molecule has 144 valence electrons. The minimum Gasteiger partial charge on any atom is -0.507 e. The number of benzene rings is 2. The minimum absolute atomic E-state index is 0.0677. The molecule has 0 atom stereocenters. The van der Waals surface area contributed by atoms with E-state index in [0.717, 1.165) is 22.2 Å². The van der Waals surface area contributed by atoms with Crippen LogP contribution < -0.4 is 5.32 Å². The van der Waals surface area contributed by atoms with Crippen LogP contribution in [0.5, 0.6) is 5.75 Å². The molecular weight excluding hydrogens is 468 g/mol. The monoisotopic (exact) mass is 480 g/mol. The number of phenols is 1. The number of carbonyl (C=O) groups is 3. The van der Waals surface area contributed by atoms with E-state index in [0.29, 0.717) is 20.7 Å².